The molecule has 0 aliphatic rings. The van der Waals surface area contributed by atoms with E-state index in [0.717, 1.165) is 5.56 Å². The summed E-state index contributed by atoms with van der Waals surface area (Å²) in [5.74, 6) is 0. The summed E-state index contributed by atoms with van der Waals surface area (Å²) in [6, 6.07) is 13.7. The third-order valence-corrected chi connectivity index (χ3v) is 3.26. The number of thiocarbonyl (C=S) groups is 1. The van der Waals surface area contributed by atoms with Crippen LogP contribution in [0.4, 0.5) is 5.69 Å². The molecular weight excluding hydrogens is 276 g/mol. The van der Waals surface area contributed by atoms with E-state index in [1.807, 2.05) is 30.3 Å². The van der Waals surface area contributed by atoms with Crippen molar-refractivity contribution < 1.29 is 4.92 Å². The van der Waals surface area contributed by atoms with Crippen LogP contribution in [0.25, 0.3) is 11.0 Å². The first-order valence-corrected chi connectivity index (χ1v) is 6.17. The van der Waals surface area contributed by atoms with Crippen LogP contribution in [-0.4, -0.2) is 24.9 Å². The molecule has 0 amide bonds. The van der Waals surface area contributed by atoms with E-state index < -0.39 is 4.92 Å². The SMILES string of the molecule is O=[N+]([O-])c1ccc2nnn(C(=S)c3ccccc3)c2c1. The van der Waals surface area contributed by atoms with Gasteiger partial charge in [0, 0.05) is 17.7 Å². The van der Waals surface area contributed by atoms with Crippen molar-refractivity contribution >= 4 is 33.9 Å². The molecule has 3 aromatic rings. The van der Waals surface area contributed by atoms with Gasteiger partial charge in [-0.3, -0.25) is 10.1 Å². The van der Waals surface area contributed by atoms with E-state index in [2.05, 4.69) is 10.3 Å². The van der Waals surface area contributed by atoms with Crippen LogP contribution in [0.1, 0.15) is 5.56 Å². The predicted molar refractivity (Wildman–Crippen MR) is 77.7 cm³/mol. The van der Waals surface area contributed by atoms with Gasteiger partial charge in [-0.15, -0.1) is 5.10 Å². The van der Waals surface area contributed by atoms with Crippen LogP contribution >= 0.6 is 12.2 Å². The van der Waals surface area contributed by atoms with Gasteiger partial charge in [-0.1, -0.05) is 47.8 Å². The molecule has 0 bridgehead atoms. The summed E-state index contributed by atoms with van der Waals surface area (Å²) in [5.41, 5.74) is 1.87. The normalized spacial score (nSPS) is 10.6. The zero-order valence-corrected chi connectivity index (χ0v) is 10.9. The molecule has 20 heavy (non-hydrogen) atoms. The van der Waals surface area contributed by atoms with Gasteiger partial charge < -0.3 is 0 Å². The monoisotopic (exact) mass is 284 g/mol. The Balaban J connectivity index is 2.14. The topological polar surface area (TPSA) is 73.8 Å². The molecule has 0 aliphatic carbocycles. The van der Waals surface area contributed by atoms with E-state index in [4.69, 9.17) is 12.2 Å². The van der Waals surface area contributed by atoms with Crippen molar-refractivity contribution in [2.75, 3.05) is 0 Å². The molecule has 0 aliphatic heterocycles. The number of hydrogen-bond donors (Lipinski definition) is 0. The highest BCUT2D eigenvalue weighted by Crippen LogP contribution is 2.20. The highest BCUT2D eigenvalue weighted by Gasteiger charge is 2.14. The minimum absolute atomic E-state index is 0.0167. The Hall–Kier alpha value is -2.67. The summed E-state index contributed by atoms with van der Waals surface area (Å²) in [6.07, 6.45) is 0. The lowest BCUT2D eigenvalue weighted by atomic mass is 10.2. The Morgan fingerprint density at radius 2 is 1.95 bits per heavy atom. The zero-order chi connectivity index (χ0) is 14.1. The molecule has 0 saturated heterocycles. The summed E-state index contributed by atoms with van der Waals surface area (Å²) in [7, 11) is 0. The van der Waals surface area contributed by atoms with E-state index >= 15 is 0 Å². The molecule has 7 heteroatoms. The van der Waals surface area contributed by atoms with Gasteiger partial charge in [0.2, 0.25) is 0 Å². The standard InChI is InChI=1S/C13H8N4O2S/c18-17(19)10-6-7-11-12(8-10)16(15-14-11)13(20)9-4-2-1-3-5-9/h1-8H. The Bertz CT molecular complexity index is 814. The fourth-order valence-corrected chi connectivity index (χ4v) is 2.14. The molecule has 0 N–H and O–H groups in total. The Morgan fingerprint density at radius 3 is 2.65 bits per heavy atom. The summed E-state index contributed by atoms with van der Waals surface area (Å²) in [4.78, 5) is 10.8. The maximum Gasteiger partial charge on any atom is 0.271 e. The van der Waals surface area contributed by atoms with E-state index in [1.54, 1.807) is 6.07 Å². The lowest BCUT2D eigenvalue weighted by Gasteiger charge is -2.04. The molecule has 0 unspecified atom stereocenters. The number of rotatable bonds is 2. The van der Waals surface area contributed by atoms with Crippen LogP contribution in [0.2, 0.25) is 0 Å². The fraction of sp³-hybridized carbons (Fsp3) is 0. The quantitative estimate of drug-likeness (QED) is 0.411. The van der Waals surface area contributed by atoms with Crippen molar-refractivity contribution in [3.63, 3.8) is 0 Å². The molecule has 6 nitrogen and oxygen atoms in total. The highest BCUT2D eigenvalue weighted by atomic mass is 32.1. The second kappa shape index (κ2) is 4.78. The lowest BCUT2D eigenvalue weighted by molar-refractivity contribution is -0.384. The van der Waals surface area contributed by atoms with Crippen LogP contribution in [0.5, 0.6) is 0 Å². The van der Waals surface area contributed by atoms with Gasteiger partial charge in [0.05, 0.1) is 4.92 Å². The van der Waals surface area contributed by atoms with Crippen molar-refractivity contribution in [2.24, 2.45) is 0 Å². The van der Waals surface area contributed by atoms with Crippen molar-refractivity contribution in [3.05, 3.63) is 64.2 Å². The second-order valence-electron chi connectivity index (χ2n) is 4.10. The first-order valence-electron chi connectivity index (χ1n) is 5.76. The van der Waals surface area contributed by atoms with Gasteiger partial charge in [-0.2, -0.15) is 0 Å². The first-order chi connectivity index (χ1) is 9.66. The third kappa shape index (κ3) is 2.04. The minimum Gasteiger partial charge on any atom is -0.258 e. The molecule has 1 aromatic heterocycles. The molecule has 1 heterocycles. The summed E-state index contributed by atoms with van der Waals surface area (Å²) < 4.78 is 1.44. The van der Waals surface area contributed by atoms with Crippen LogP contribution in [0.3, 0.4) is 0 Å². The van der Waals surface area contributed by atoms with Crippen LogP contribution in [0, 0.1) is 10.1 Å². The number of aromatic nitrogens is 3. The number of fused-ring (bicyclic) bond motifs is 1. The smallest absolute Gasteiger partial charge is 0.258 e. The van der Waals surface area contributed by atoms with E-state index in [0.29, 0.717) is 16.0 Å². The number of nitro benzene ring substituents is 1. The van der Waals surface area contributed by atoms with Crippen LogP contribution < -0.4 is 0 Å². The second-order valence-corrected chi connectivity index (χ2v) is 4.49. The fourth-order valence-electron chi connectivity index (χ4n) is 1.87. The summed E-state index contributed by atoms with van der Waals surface area (Å²) in [6.45, 7) is 0. The predicted octanol–water partition coefficient (Wildman–Crippen LogP) is 2.56. The molecule has 0 fully saturated rings. The minimum atomic E-state index is -0.456. The van der Waals surface area contributed by atoms with Gasteiger partial charge in [0.25, 0.3) is 5.69 Å². The van der Waals surface area contributed by atoms with E-state index in [1.165, 1.54) is 16.8 Å². The van der Waals surface area contributed by atoms with Crippen molar-refractivity contribution in [3.8, 4) is 0 Å². The molecule has 0 saturated carbocycles. The molecule has 98 valence electrons. The van der Waals surface area contributed by atoms with Gasteiger partial charge in [0.1, 0.15) is 16.0 Å². The van der Waals surface area contributed by atoms with Gasteiger partial charge in [0.15, 0.2) is 0 Å². The maximum absolute atomic E-state index is 10.8. The maximum atomic E-state index is 10.8. The highest BCUT2D eigenvalue weighted by molar-refractivity contribution is 7.80. The van der Waals surface area contributed by atoms with Gasteiger partial charge >= 0.3 is 0 Å². The molecule has 2 aromatic carbocycles. The van der Waals surface area contributed by atoms with E-state index in [-0.39, 0.29) is 5.69 Å². The lowest BCUT2D eigenvalue weighted by Crippen LogP contribution is -2.12. The van der Waals surface area contributed by atoms with E-state index in [9.17, 15) is 10.1 Å². The first kappa shape index (κ1) is 12.4. The number of hydrogen-bond acceptors (Lipinski definition) is 5. The van der Waals surface area contributed by atoms with Gasteiger partial charge in [-0.25, -0.2) is 4.68 Å². The average molecular weight is 284 g/mol. The van der Waals surface area contributed by atoms with Gasteiger partial charge in [-0.05, 0) is 6.07 Å². The molecule has 3 rings (SSSR count). The average Bonchev–Trinajstić information content (AvgIpc) is 2.90. The summed E-state index contributed by atoms with van der Waals surface area (Å²) >= 11 is 5.37. The number of benzene rings is 2. The van der Waals surface area contributed by atoms with Crippen LogP contribution in [-0.2, 0) is 0 Å². The third-order valence-electron chi connectivity index (χ3n) is 2.85. The van der Waals surface area contributed by atoms with Crippen LogP contribution in [0.15, 0.2) is 48.5 Å². The Labute approximate surface area is 118 Å². The molecule has 0 atom stereocenters. The summed E-state index contributed by atoms with van der Waals surface area (Å²) in [5, 5.41) is 18.8. The molecule has 0 spiro atoms. The van der Waals surface area contributed by atoms with Crippen molar-refractivity contribution in [2.45, 2.75) is 0 Å². The molecular formula is C13H8N4O2S. The Kier molecular flexibility index (Phi) is 2.96. The zero-order valence-electron chi connectivity index (χ0n) is 10.1. The number of nitrogens with zero attached hydrogens (tertiary/aromatic N) is 4. The number of nitro groups is 1. The van der Waals surface area contributed by atoms with Crippen molar-refractivity contribution in [1.82, 2.24) is 15.0 Å². The number of non-ortho nitro benzene ring substituents is 1. The largest absolute Gasteiger partial charge is 0.271 e. The Morgan fingerprint density at radius 1 is 1.20 bits per heavy atom. The molecule has 0 radical (unpaired) electrons. The van der Waals surface area contributed by atoms with Crippen molar-refractivity contribution in [1.29, 1.82) is 0 Å².